The highest BCUT2D eigenvalue weighted by Crippen LogP contribution is 2.34. The maximum absolute atomic E-state index is 4.18. The van der Waals surface area contributed by atoms with Crippen molar-refractivity contribution in [3.8, 4) is 0 Å². The van der Waals surface area contributed by atoms with Crippen LogP contribution in [0.25, 0.3) is 12.2 Å². The van der Waals surface area contributed by atoms with E-state index in [4.69, 9.17) is 0 Å². The maximum atomic E-state index is 4.18. The molecule has 0 heterocycles. The van der Waals surface area contributed by atoms with E-state index in [9.17, 15) is 0 Å². The van der Waals surface area contributed by atoms with Crippen LogP contribution in [-0.2, 0) is 0 Å². The number of hydrogen-bond donors (Lipinski definition) is 0. The quantitative estimate of drug-likeness (QED) is 0.187. The van der Waals surface area contributed by atoms with Crippen LogP contribution in [-0.4, -0.2) is 23.1 Å². The first kappa shape index (κ1) is 19.7. The van der Waals surface area contributed by atoms with Crippen molar-refractivity contribution in [3.05, 3.63) is 42.0 Å². The molecule has 5 heteroatoms. The standard InChI is InChI=1S/C18H24BrN3S/c1-7-14-15(8-2)17(11-10-16(14)13(4)5)22(12-19)18(21-20-6)23-9-3/h7-8,10-11,13H,1-2,6,9,12H2,3-5H3/b21-18+. The van der Waals surface area contributed by atoms with E-state index in [0.29, 0.717) is 11.4 Å². The fourth-order valence-corrected chi connectivity index (χ4v) is 3.76. The Morgan fingerprint density at radius 1 is 1.30 bits per heavy atom. The number of thioether (sulfide) groups is 1. The summed E-state index contributed by atoms with van der Waals surface area (Å²) in [5, 5.41) is 8.68. The summed E-state index contributed by atoms with van der Waals surface area (Å²) >= 11 is 5.18. The lowest BCUT2D eigenvalue weighted by Gasteiger charge is -2.26. The van der Waals surface area contributed by atoms with Crippen molar-refractivity contribution >= 4 is 57.4 Å². The summed E-state index contributed by atoms with van der Waals surface area (Å²) in [5.41, 5.74) is 5.06. The number of anilines is 1. The summed E-state index contributed by atoms with van der Waals surface area (Å²) in [6.45, 7) is 17.9. The van der Waals surface area contributed by atoms with Gasteiger partial charge in [-0.2, -0.15) is 5.10 Å². The van der Waals surface area contributed by atoms with Crippen LogP contribution in [0, 0.1) is 0 Å². The molecule has 0 saturated heterocycles. The molecule has 1 rings (SSSR count). The van der Waals surface area contributed by atoms with Gasteiger partial charge in [0.2, 0.25) is 0 Å². The van der Waals surface area contributed by atoms with Crippen LogP contribution >= 0.6 is 27.7 Å². The third kappa shape index (κ3) is 4.58. The molecule has 0 aliphatic carbocycles. The Bertz CT molecular complexity index is 609. The van der Waals surface area contributed by atoms with E-state index in [0.717, 1.165) is 27.7 Å². The highest BCUT2D eigenvalue weighted by molar-refractivity contribution is 9.09. The molecule has 0 unspecified atom stereocenters. The van der Waals surface area contributed by atoms with Crippen molar-refractivity contribution in [1.82, 2.24) is 0 Å². The largest absolute Gasteiger partial charge is 0.308 e. The number of alkyl halides is 1. The summed E-state index contributed by atoms with van der Waals surface area (Å²) in [6.07, 6.45) is 3.78. The molecule has 0 aliphatic rings. The first-order valence-corrected chi connectivity index (χ1v) is 9.58. The minimum Gasteiger partial charge on any atom is -0.308 e. The Morgan fingerprint density at radius 3 is 2.39 bits per heavy atom. The summed E-state index contributed by atoms with van der Waals surface area (Å²) < 4.78 is 0. The number of halogens is 1. The van der Waals surface area contributed by atoms with Crippen molar-refractivity contribution in [1.29, 1.82) is 0 Å². The molecule has 1 aromatic carbocycles. The Morgan fingerprint density at radius 2 is 1.96 bits per heavy atom. The van der Waals surface area contributed by atoms with Gasteiger partial charge in [-0.05, 0) is 28.9 Å². The molecule has 124 valence electrons. The SMILES string of the molecule is C=Cc1c(C(C)C)ccc(N(CBr)/C(=N\N=C)SCC)c1C=C. The van der Waals surface area contributed by atoms with Crippen LogP contribution in [0.3, 0.4) is 0 Å². The van der Waals surface area contributed by atoms with Gasteiger partial charge >= 0.3 is 0 Å². The zero-order chi connectivity index (χ0) is 17.4. The molecule has 0 fully saturated rings. The van der Waals surface area contributed by atoms with E-state index in [1.165, 1.54) is 5.56 Å². The van der Waals surface area contributed by atoms with Gasteiger partial charge in [-0.15, -0.1) is 5.10 Å². The smallest absolute Gasteiger partial charge is 0.190 e. The number of hydrogen-bond acceptors (Lipinski definition) is 3. The average molecular weight is 394 g/mol. The van der Waals surface area contributed by atoms with Crippen molar-refractivity contribution in [2.75, 3.05) is 16.1 Å². The molecule has 0 N–H and O–H groups in total. The second-order valence-corrected chi connectivity index (χ2v) is 6.80. The van der Waals surface area contributed by atoms with Crippen LogP contribution in [0.4, 0.5) is 5.69 Å². The third-order valence-corrected chi connectivity index (χ3v) is 4.75. The second kappa shape index (κ2) is 9.73. The van der Waals surface area contributed by atoms with Crippen LogP contribution in [0.2, 0.25) is 0 Å². The van der Waals surface area contributed by atoms with Crippen molar-refractivity contribution in [2.24, 2.45) is 10.2 Å². The summed E-state index contributed by atoms with van der Waals surface area (Å²) in [4.78, 5) is 2.07. The molecule has 0 saturated carbocycles. The first-order valence-electron chi connectivity index (χ1n) is 7.47. The van der Waals surface area contributed by atoms with E-state index in [-0.39, 0.29) is 0 Å². The van der Waals surface area contributed by atoms with Crippen LogP contribution in [0.5, 0.6) is 0 Å². The van der Waals surface area contributed by atoms with Gasteiger partial charge in [0, 0.05) is 12.3 Å². The number of rotatable bonds is 7. The summed E-state index contributed by atoms with van der Waals surface area (Å²) in [7, 11) is 0. The number of nitrogens with zero attached hydrogens (tertiary/aromatic N) is 3. The molecular weight excluding hydrogens is 370 g/mol. The second-order valence-electron chi connectivity index (χ2n) is 5.07. The lowest BCUT2D eigenvalue weighted by atomic mass is 9.92. The summed E-state index contributed by atoms with van der Waals surface area (Å²) in [6, 6.07) is 4.25. The molecule has 0 aromatic heterocycles. The van der Waals surface area contributed by atoms with Crippen molar-refractivity contribution < 1.29 is 0 Å². The topological polar surface area (TPSA) is 28.0 Å². The molecule has 0 spiro atoms. The Labute approximate surface area is 152 Å². The molecular formula is C18H24BrN3S. The van der Waals surface area contributed by atoms with Crippen molar-refractivity contribution in [2.45, 2.75) is 26.7 Å². The van der Waals surface area contributed by atoms with Crippen LogP contribution in [0.1, 0.15) is 43.4 Å². The van der Waals surface area contributed by atoms with Crippen LogP contribution < -0.4 is 4.90 Å². The predicted molar refractivity (Wildman–Crippen MR) is 112 cm³/mol. The summed E-state index contributed by atoms with van der Waals surface area (Å²) in [5.74, 6) is 1.32. The monoisotopic (exact) mass is 393 g/mol. The van der Waals surface area contributed by atoms with Gasteiger partial charge in [0.15, 0.2) is 5.17 Å². The predicted octanol–water partition coefficient (Wildman–Crippen LogP) is 5.98. The Hall–Kier alpha value is -1.33. The number of benzene rings is 1. The average Bonchev–Trinajstić information content (AvgIpc) is 2.54. The van der Waals surface area contributed by atoms with Crippen LogP contribution in [0.15, 0.2) is 35.5 Å². The highest BCUT2D eigenvalue weighted by atomic mass is 79.9. The minimum atomic E-state index is 0.418. The molecule has 23 heavy (non-hydrogen) atoms. The minimum absolute atomic E-state index is 0.418. The van der Waals surface area contributed by atoms with Gasteiger partial charge < -0.3 is 4.90 Å². The zero-order valence-electron chi connectivity index (χ0n) is 14.1. The molecule has 0 radical (unpaired) electrons. The van der Waals surface area contributed by atoms with Gasteiger partial charge in [0.05, 0.1) is 11.1 Å². The lowest BCUT2D eigenvalue weighted by molar-refractivity contribution is 0.863. The van der Waals surface area contributed by atoms with E-state index < -0.39 is 0 Å². The fourth-order valence-electron chi connectivity index (χ4n) is 2.39. The molecule has 0 atom stereocenters. The van der Waals surface area contributed by atoms with Gasteiger partial charge in [0.25, 0.3) is 0 Å². The third-order valence-electron chi connectivity index (χ3n) is 3.40. The highest BCUT2D eigenvalue weighted by Gasteiger charge is 2.19. The van der Waals surface area contributed by atoms with Gasteiger partial charge in [-0.1, -0.05) is 79.8 Å². The van der Waals surface area contributed by atoms with E-state index in [2.05, 4.69) is 83.8 Å². The van der Waals surface area contributed by atoms with Gasteiger partial charge in [0.1, 0.15) is 0 Å². The van der Waals surface area contributed by atoms with Gasteiger partial charge in [-0.3, -0.25) is 0 Å². The van der Waals surface area contributed by atoms with Gasteiger partial charge in [-0.25, -0.2) is 0 Å². The first-order chi connectivity index (χ1) is 11.0. The van der Waals surface area contributed by atoms with E-state index >= 15 is 0 Å². The molecule has 0 amide bonds. The normalized spacial score (nSPS) is 11.4. The maximum Gasteiger partial charge on any atom is 0.190 e. The molecule has 3 nitrogen and oxygen atoms in total. The van der Waals surface area contributed by atoms with E-state index in [1.807, 2.05) is 12.2 Å². The molecule has 1 aromatic rings. The number of amidine groups is 1. The molecule has 0 aliphatic heterocycles. The Kier molecular flexibility index (Phi) is 8.34. The zero-order valence-corrected chi connectivity index (χ0v) is 16.5. The fraction of sp³-hybridized carbons (Fsp3) is 0.333. The molecule has 0 bridgehead atoms. The van der Waals surface area contributed by atoms with E-state index in [1.54, 1.807) is 11.8 Å². The lowest BCUT2D eigenvalue weighted by Crippen LogP contribution is -2.28. The van der Waals surface area contributed by atoms with Crippen molar-refractivity contribution in [3.63, 3.8) is 0 Å². The Balaban J connectivity index is 3.56.